The molecule has 19 heavy (non-hydrogen) atoms. The van der Waals surface area contributed by atoms with Gasteiger partial charge >= 0.3 is 0 Å². The van der Waals surface area contributed by atoms with Crippen LogP contribution in [-0.4, -0.2) is 48.6 Å². The van der Waals surface area contributed by atoms with Crippen LogP contribution in [0.4, 0.5) is 10.2 Å². The number of hydrogen-bond donors (Lipinski definition) is 3. The highest BCUT2D eigenvalue weighted by Gasteiger charge is 2.55. The van der Waals surface area contributed by atoms with Crippen LogP contribution in [0, 0.1) is 5.92 Å². The number of halogens is 1. The molecule has 0 amide bonds. The average Bonchev–Trinajstić information content (AvgIpc) is 2.81. The molecule has 3 rings (SSSR count). The maximum atomic E-state index is 14.4. The number of nitrogens with two attached hydrogens (primary N) is 1. The number of nitrogens with zero attached hydrogens (tertiary/aromatic N) is 4. The van der Waals surface area contributed by atoms with Crippen LogP contribution in [0.5, 0.6) is 0 Å². The molecular formula is C11H14FN5O2. The molecule has 3 atom stereocenters. The molecule has 1 aliphatic rings. The number of aromatic nitrogens is 4. The molecule has 1 aliphatic carbocycles. The van der Waals surface area contributed by atoms with Gasteiger partial charge < -0.3 is 20.5 Å². The molecule has 3 unspecified atom stereocenters. The highest BCUT2D eigenvalue weighted by molar-refractivity contribution is 5.81. The molecule has 0 radical (unpaired) electrons. The normalized spacial score (nSPS) is 30.5. The van der Waals surface area contributed by atoms with E-state index in [0.717, 1.165) is 0 Å². The van der Waals surface area contributed by atoms with E-state index in [1.54, 1.807) is 0 Å². The fourth-order valence-electron chi connectivity index (χ4n) is 2.80. The van der Waals surface area contributed by atoms with E-state index >= 15 is 0 Å². The van der Waals surface area contributed by atoms with E-state index in [2.05, 4.69) is 15.0 Å². The summed E-state index contributed by atoms with van der Waals surface area (Å²) in [6, 6.07) is -0.693. The van der Waals surface area contributed by atoms with E-state index in [4.69, 9.17) is 5.73 Å². The summed E-state index contributed by atoms with van der Waals surface area (Å²) in [4.78, 5) is 11.9. The van der Waals surface area contributed by atoms with Crippen LogP contribution < -0.4 is 5.73 Å². The molecule has 0 spiro atoms. The Labute approximate surface area is 107 Å². The van der Waals surface area contributed by atoms with E-state index in [1.165, 1.54) is 17.2 Å². The van der Waals surface area contributed by atoms with Crippen molar-refractivity contribution in [3.05, 3.63) is 12.7 Å². The minimum atomic E-state index is -1.76. The van der Waals surface area contributed by atoms with Gasteiger partial charge in [-0.2, -0.15) is 0 Å². The summed E-state index contributed by atoms with van der Waals surface area (Å²) in [5.74, 6) is -0.0529. The van der Waals surface area contributed by atoms with Gasteiger partial charge in [-0.05, 0) is 6.42 Å². The largest absolute Gasteiger partial charge is 0.396 e. The first kappa shape index (κ1) is 12.2. The third-order valence-corrected chi connectivity index (χ3v) is 3.76. The van der Waals surface area contributed by atoms with Crippen LogP contribution in [0.15, 0.2) is 12.7 Å². The minimum absolute atomic E-state index is 0.116. The molecule has 1 fully saturated rings. The summed E-state index contributed by atoms with van der Waals surface area (Å²) >= 11 is 0. The van der Waals surface area contributed by atoms with Crippen LogP contribution in [0.1, 0.15) is 12.5 Å². The zero-order chi connectivity index (χ0) is 13.6. The number of imidazole rings is 1. The lowest BCUT2D eigenvalue weighted by molar-refractivity contribution is -0.109. The number of rotatable bonds is 3. The molecule has 0 saturated heterocycles. The van der Waals surface area contributed by atoms with E-state index < -0.39 is 18.3 Å². The Morgan fingerprint density at radius 3 is 2.89 bits per heavy atom. The second kappa shape index (κ2) is 4.10. The zero-order valence-corrected chi connectivity index (χ0v) is 10.1. The van der Waals surface area contributed by atoms with Crippen molar-refractivity contribution in [3.63, 3.8) is 0 Å². The van der Waals surface area contributed by atoms with Crippen LogP contribution in [-0.2, 0) is 0 Å². The highest BCUT2D eigenvalue weighted by atomic mass is 19.1. The second-order valence-corrected chi connectivity index (χ2v) is 4.87. The predicted octanol–water partition coefficient (Wildman–Crippen LogP) is -0.338. The minimum Gasteiger partial charge on any atom is -0.396 e. The van der Waals surface area contributed by atoms with Gasteiger partial charge in [-0.1, -0.05) is 0 Å². The summed E-state index contributed by atoms with van der Waals surface area (Å²) in [5.41, 5.74) is 4.72. The first-order valence-electron chi connectivity index (χ1n) is 5.94. The maximum Gasteiger partial charge on any atom is 0.165 e. The molecule has 0 aromatic carbocycles. The molecule has 1 saturated carbocycles. The lowest BCUT2D eigenvalue weighted by atomic mass is 9.67. The second-order valence-electron chi connectivity index (χ2n) is 4.87. The van der Waals surface area contributed by atoms with E-state index in [0.29, 0.717) is 11.2 Å². The number of fused-ring (bicyclic) bond motifs is 1. The van der Waals surface area contributed by atoms with Crippen molar-refractivity contribution in [2.24, 2.45) is 5.92 Å². The third-order valence-electron chi connectivity index (χ3n) is 3.76. The zero-order valence-electron chi connectivity index (χ0n) is 10.1. The number of aliphatic hydroxyl groups excluding tert-OH is 2. The Bertz CT molecular complexity index is 618. The van der Waals surface area contributed by atoms with Gasteiger partial charge in [0.2, 0.25) is 0 Å². The lowest BCUT2D eigenvalue weighted by Gasteiger charge is -2.48. The number of nitrogen functional groups attached to an aromatic ring is 1. The molecule has 4 N–H and O–H groups in total. The van der Waals surface area contributed by atoms with Gasteiger partial charge in [0.15, 0.2) is 17.1 Å². The van der Waals surface area contributed by atoms with Gasteiger partial charge in [0, 0.05) is 12.5 Å². The molecule has 2 aromatic rings. The molecule has 7 nitrogen and oxygen atoms in total. The highest BCUT2D eigenvalue weighted by Crippen LogP contribution is 2.50. The fourth-order valence-corrected chi connectivity index (χ4v) is 2.80. The van der Waals surface area contributed by atoms with Crippen molar-refractivity contribution in [2.45, 2.75) is 18.1 Å². The number of anilines is 1. The van der Waals surface area contributed by atoms with Gasteiger partial charge in [0.05, 0.1) is 19.0 Å². The molecule has 8 heteroatoms. The first-order valence-corrected chi connectivity index (χ1v) is 5.94. The van der Waals surface area contributed by atoms with Crippen molar-refractivity contribution in [1.29, 1.82) is 0 Å². The van der Waals surface area contributed by atoms with Crippen LogP contribution in [0.25, 0.3) is 11.2 Å². The van der Waals surface area contributed by atoms with Gasteiger partial charge in [0.1, 0.15) is 11.8 Å². The van der Waals surface area contributed by atoms with E-state index in [1.807, 2.05) is 0 Å². The van der Waals surface area contributed by atoms with Crippen molar-refractivity contribution in [1.82, 2.24) is 19.5 Å². The SMILES string of the molecule is Nc1ncnc2c1ncn2C1C(CO)CC1(F)CO. The van der Waals surface area contributed by atoms with Gasteiger partial charge in [0.25, 0.3) is 0 Å². The van der Waals surface area contributed by atoms with Gasteiger partial charge in [-0.15, -0.1) is 0 Å². The molecular weight excluding hydrogens is 253 g/mol. The van der Waals surface area contributed by atoms with Crippen LogP contribution in [0.3, 0.4) is 0 Å². The lowest BCUT2D eigenvalue weighted by Crippen LogP contribution is -2.55. The standard InChI is InChI=1S/C11H14FN5O2/c12-11(3-19)1-6(2-18)8(11)17-5-16-7-9(13)14-4-15-10(7)17/h4-6,8,18-19H,1-3H2,(H2,13,14,15). The fraction of sp³-hybridized carbons (Fsp3) is 0.545. The summed E-state index contributed by atoms with van der Waals surface area (Å²) in [6.45, 7) is -0.759. The maximum absolute atomic E-state index is 14.4. The predicted molar refractivity (Wildman–Crippen MR) is 64.9 cm³/mol. The van der Waals surface area contributed by atoms with E-state index in [-0.39, 0.29) is 24.8 Å². The Morgan fingerprint density at radius 2 is 2.21 bits per heavy atom. The Kier molecular flexibility index (Phi) is 2.64. The van der Waals surface area contributed by atoms with Crippen molar-refractivity contribution in [2.75, 3.05) is 18.9 Å². The number of hydrogen-bond acceptors (Lipinski definition) is 6. The first-order chi connectivity index (χ1) is 9.10. The van der Waals surface area contributed by atoms with Crippen LogP contribution in [0.2, 0.25) is 0 Å². The average molecular weight is 267 g/mol. The summed E-state index contributed by atoms with van der Waals surface area (Å²) in [5, 5.41) is 18.5. The number of alkyl halides is 1. The van der Waals surface area contributed by atoms with Crippen LogP contribution >= 0.6 is 0 Å². The quantitative estimate of drug-likeness (QED) is 0.702. The van der Waals surface area contributed by atoms with Crippen molar-refractivity contribution in [3.8, 4) is 0 Å². The Morgan fingerprint density at radius 1 is 1.42 bits per heavy atom. The molecule has 0 bridgehead atoms. The molecule has 2 aromatic heterocycles. The summed E-state index contributed by atoms with van der Waals surface area (Å²) in [6.07, 6.45) is 2.82. The topological polar surface area (TPSA) is 110 Å². The third kappa shape index (κ3) is 1.60. The Hall–Kier alpha value is -1.80. The van der Waals surface area contributed by atoms with E-state index in [9.17, 15) is 14.6 Å². The van der Waals surface area contributed by atoms with Crippen molar-refractivity contribution >= 4 is 17.0 Å². The smallest absolute Gasteiger partial charge is 0.165 e. The Balaban J connectivity index is 2.10. The van der Waals surface area contributed by atoms with Crippen molar-refractivity contribution < 1.29 is 14.6 Å². The number of aliphatic hydroxyl groups is 2. The summed E-state index contributed by atoms with van der Waals surface area (Å²) < 4.78 is 16.0. The molecule has 102 valence electrons. The van der Waals surface area contributed by atoms with Gasteiger partial charge in [-0.3, -0.25) is 0 Å². The molecule has 2 heterocycles. The van der Waals surface area contributed by atoms with Gasteiger partial charge in [-0.25, -0.2) is 19.3 Å². The molecule has 0 aliphatic heterocycles. The monoisotopic (exact) mass is 267 g/mol. The summed E-state index contributed by atoms with van der Waals surface area (Å²) in [7, 11) is 0.